The highest BCUT2D eigenvalue weighted by Crippen LogP contribution is 2.24. The van der Waals surface area contributed by atoms with Crippen LogP contribution in [0.25, 0.3) is 0 Å². The van der Waals surface area contributed by atoms with Gasteiger partial charge in [-0.2, -0.15) is 0 Å². The van der Waals surface area contributed by atoms with E-state index in [4.69, 9.17) is 5.11 Å². The van der Waals surface area contributed by atoms with Gasteiger partial charge in [-0.05, 0) is 46.6 Å². The molecule has 3 nitrogen and oxygen atoms in total. The molecule has 0 radical (unpaired) electrons. The van der Waals surface area contributed by atoms with Crippen molar-refractivity contribution in [1.29, 1.82) is 0 Å². The van der Waals surface area contributed by atoms with Gasteiger partial charge in [-0.3, -0.25) is 4.90 Å². The lowest BCUT2D eigenvalue weighted by atomic mass is 10.1. The van der Waals surface area contributed by atoms with E-state index in [1.165, 1.54) is 6.07 Å². The Hall–Kier alpha value is -1.13. The van der Waals surface area contributed by atoms with Crippen molar-refractivity contribution in [3.63, 3.8) is 0 Å². The molecular formula is C13H21FN2O. The molecule has 1 atom stereocenters. The number of nitrogens with zero attached hydrogens (tertiary/aromatic N) is 1. The van der Waals surface area contributed by atoms with Crippen molar-refractivity contribution in [2.45, 2.75) is 19.4 Å². The Morgan fingerprint density at radius 3 is 2.76 bits per heavy atom. The maximum absolute atomic E-state index is 13.7. The molecule has 1 aromatic rings. The van der Waals surface area contributed by atoms with Crippen LogP contribution in [0.15, 0.2) is 18.2 Å². The Bertz CT molecular complexity index is 357. The number of rotatable bonds is 6. The molecule has 96 valence electrons. The molecule has 0 aliphatic rings. The number of benzene rings is 1. The van der Waals surface area contributed by atoms with Gasteiger partial charge in [0.15, 0.2) is 0 Å². The summed E-state index contributed by atoms with van der Waals surface area (Å²) in [7, 11) is 3.90. The summed E-state index contributed by atoms with van der Waals surface area (Å²) >= 11 is 0. The zero-order chi connectivity index (χ0) is 12.8. The predicted octanol–water partition coefficient (Wildman–Crippen LogP) is 2.13. The third kappa shape index (κ3) is 3.98. The maximum Gasteiger partial charge on any atom is 0.131 e. The third-order valence-electron chi connectivity index (χ3n) is 3.03. The molecule has 17 heavy (non-hydrogen) atoms. The minimum absolute atomic E-state index is 0.00690. The van der Waals surface area contributed by atoms with Crippen molar-refractivity contribution >= 4 is 0 Å². The van der Waals surface area contributed by atoms with Crippen LogP contribution >= 0.6 is 0 Å². The van der Waals surface area contributed by atoms with Crippen LogP contribution in [-0.4, -0.2) is 37.2 Å². The first-order valence-corrected chi connectivity index (χ1v) is 5.89. The molecule has 0 saturated heterocycles. The molecule has 0 fully saturated rings. The fourth-order valence-corrected chi connectivity index (χ4v) is 1.79. The van der Waals surface area contributed by atoms with Gasteiger partial charge in [0.25, 0.3) is 0 Å². The number of aromatic hydroxyl groups is 1. The van der Waals surface area contributed by atoms with Crippen LogP contribution in [0.2, 0.25) is 0 Å². The first kappa shape index (κ1) is 13.9. The first-order chi connectivity index (χ1) is 8.06. The highest BCUT2D eigenvalue weighted by atomic mass is 19.1. The van der Waals surface area contributed by atoms with E-state index in [-0.39, 0.29) is 17.6 Å². The molecule has 0 aliphatic carbocycles. The molecule has 0 saturated carbocycles. The highest BCUT2D eigenvalue weighted by molar-refractivity contribution is 5.29. The molecule has 4 heteroatoms. The van der Waals surface area contributed by atoms with Crippen LogP contribution in [0.1, 0.15) is 24.9 Å². The molecule has 2 N–H and O–H groups in total. The summed E-state index contributed by atoms with van der Waals surface area (Å²) in [6.07, 6.45) is 1.02. The quantitative estimate of drug-likeness (QED) is 0.748. The lowest BCUT2D eigenvalue weighted by molar-refractivity contribution is 0.252. The average Bonchev–Trinajstić information content (AvgIpc) is 2.28. The van der Waals surface area contributed by atoms with Crippen molar-refractivity contribution in [3.05, 3.63) is 29.6 Å². The summed E-state index contributed by atoms with van der Waals surface area (Å²) in [5.74, 6) is -0.380. The normalized spacial score (nSPS) is 13.0. The number of phenols is 1. The molecule has 0 spiro atoms. The van der Waals surface area contributed by atoms with Crippen LogP contribution in [-0.2, 0) is 0 Å². The van der Waals surface area contributed by atoms with E-state index in [1.54, 1.807) is 6.07 Å². The number of hydrogen-bond donors (Lipinski definition) is 2. The largest absolute Gasteiger partial charge is 0.508 e. The van der Waals surface area contributed by atoms with Gasteiger partial charge in [0.1, 0.15) is 11.6 Å². The Kier molecular flexibility index (Phi) is 5.38. The van der Waals surface area contributed by atoms with Gasteiger partial charge < -0.3 is 10.4 Å². The van der Waals surface area contributed by atoms with Crippen LogP contribution in [0.4, 0.5) is 4.39 Å². The van der Waals surface area contributed by atoms with E-state index in [9.17, 15) is 4.39 Å². The van der Waals surface area contributed by atoms with E-state index in [0.717, 1.165) is 25.6 Å². The van der Waals surface area contributed by atoms with Crippen LogP contribution < -0.4 is 5.32 Å². The fraction of sp³-hybridized carbons (Fsp3) is 0.538. The summed E-state index contributed by atoms with van der Waals surface area (Å²) in [6.45, 7) is 3.83. The SMILES string of the molecule is CNCCCN(C)C(C)c1ccc(O)cc1F. The van der Waals surface area contributed by atoms with Crippen molar-refractivity contribution in [2.24, 2.45) is 0 Å². The van der Waals surface area contributed by atoms with Crippen molar-refractivity contribution in [3.8, 4) is 5.75 Å². The Balaban J connectivity index is 2.64. The van der Waals surface area contributed by atoms with Gasteiger partial charge >= 0.3 is 0 Å². The molecule has 1 aromatic carbocycles. The predicted molar refractivity (Wildman–Crippen MR) is 67.7 cm³/mol. The van der Waals surface area contributed by atoms with E-state index >= 15 is 0 Å². The Morgan fingerprint density at radius 2 is 2.18 bits per heavy atom. The topological polar surface area (TPSA) is 35.5 Å². The second kappa shape index (κ2) is 6.57. The minimum Gasteiger partial charge on any atom is -0.508 e. The number of phenolic OH excluding ortho intramolecular Hbond substituents is 1. The number of hydrogen-bond acceptors (Lipinski definition) is 3. The Morgan fingerprint density at radius 1 is 1.47 bits per heavy atom. The van der Waals surface area contributed by atoms with Crippen molar-refractivity contribution in [2.75, 3.05) is 27.2 Å². The van der Waals surface area contributed by atoms with Gasteiger partial charge in [-0.1, -0.05) is 6.07 Å². The number of nitrogens with one attached hydrogen (secondary N) is 1. The summed E-state index contributed by atoms with van der Waals surface area (Å²) in [4.78, 5) is 2.10. The van der Waals surface area contributed by atoms with Gasteiger partial charge in [-0.15, -0.1) is 0 Å². The lowest BCUT2D eigenvalue weighted by Gasteiger charge is -2.25. The molecule has 0 bridgehead atoms. The maximum atomic E-state index is 13.7. The summed E-state index contributed by atoms with van der Waals surface area (Å²) < 4.78 is 13.7. The van der Waals surface area contributed by atoms with Crippen LogP contribution in [0.5, 0.6) is 5.75 Å². The van der Waals surface area contributed by atoms with Crippen LogP contribution in [0.3, 0.4) is 0 Å². The fourth-order valence-electron chi connectivity index (χ4n) is 1.79. The van der Waals surface area contributed by atoms with Gasteiger partial charge in [0.05, 0.1) is 0 Å². The number of halogens is 1. The minimum atomic E-state index is -0.349. The standard InChI is InChI=1S/C13H21FN2O/c1-10(16(3)8-4-7-15-2)12-6-5-11(17)9-13(12)14/h5-6,9-10,15,17H,4,7-8H2,1-3H3. The second-order valence-electron chi connectivity index (χ2n) is 4.32. The second-order valence-corrected chi connectivity index (χ2v) is 4.32. The van der Waals surface area contributed by atoms with Gasteiger partial charge in [0, 0.05) is 17.7 Å². The first-order valence-electron chi connectivity index (χ1n) is 5.89. The van der Waals surface area contributed by atoms with Crippen LogP contribution in [0, 0.1) is 5.82 Å². The molecule has 0 amide bonds. The molecule has 1 unspecified atom stereocenters. The zero-order valence-electron chi connectivity index (χ0n) is 10.7. The smallest absolute Gasteiger partial charge is 0.131 e. The average molecular weight is 240 g/mol. The lowest BCUT2D eigenvalue weighted by Crippen LogP contribution is -2.26. The molecule has 1 rings (SSSR count). The highest BCUT2D eigenvalue weighted by Gasteiger charge is 2.15. The molecule has 0 aromatic heterocycles. The monoisotopic (exact) mass is 240 g/mol. The van der Waals surface area contributed by atoms with E-state index in [1.807, 2.05) is 21.0 Å². The van der Waals surface area contributed by atoms with Crippen molar-refractivity contribution in [1.82, 2.24) is 10.2 Å². The molecule has 0 heterocycles. The van der Waals surface area contributed by atoms with E-state index in [2.05, 4.69) is 10.2 Å². The summed E-state index contributed by atoms with van der Waals surface area (Å²) in [6, 6.07) is 4.33. The van der Waals surface area contributed by atoms with Crippen molar-refractivity contribution < 1.29 is 9.50 Å². The van der Waals surface area contributed by atoms with Gasteiger partial charge in [0.2, 0.25) is 0 Å². The van der Waals surface area contributed by atoms with Gasteiger partial charge in [-0.25, -0.2) is 4.39 Å². The van der Waals surface area contributed by atoms with E-state index in [0.29, 0.717) is 5.56 Å². The van der Waals surface area contributed by atoms with E-state index < -0.39 is 0 Å². The summed E-state index contributed by atoms with van der Waals surface area (Å²) in [5, 5.41) is 12.3. The molecular weight excluding hydrogens is 219 g/mol. The summed E-state index contributed by atoms with van der Waals surface area (Å²) in [5.41, 5.74) is 0.620. The third-order valence-corrected chi connectivity index (χ3v) is 3.03. The molecule has 0 aliphatic heterocycles. The Labute approximate surface area is 102 Å². The zero-order valence-corrected chi connectivity index (χ0v) is 10.7.